The average molecular weight is 291 g/mol. The molecule has 21 heavy (non-hydrogen) atoms. The zero-order valence-corrected chi connectivity index (χ0v) is 13.5. The van der Waals surface area contributed by atoms with Crippen molar-refractivity contribution in [1.29, 1.82) is 0 Å². The van der Waals surface area contributed by atoms with E-state index in [1.165, 1.54) is 75.8 Å². The highest BCUT2D eigenvalue weighted by molar-refractivity contribution is 5.80. The summed E-state index contributed by atoms with van der Waals surface area (Å²) >= 11 is 0. The molecule has 5 rings (SSSR count). The maximum atomic E-state index is 12.8. The Hall–Kier alpha value is -0.570. The first-order chi connectivity index (χ1) is 10.1. The number of hydrogen-bond acceptors (Lipinski definition) is 1. The van der Waals surface area contributed by atoms with Crippen molar-refractivity contribution in [3.05, 3.63) is 0 Å². The van der Waals surface area contributed by atoms with E-state index < -0.39 is 0 Å². The number of likely N-dealkylation sites (tertiary alicyclic amines) is 1. The van der Waals surface area contributed by atoms with Gasteiger partial charge in [0.2, 0.25) is 0 Å². The minimum Gasteiger partial charge on any atom is -0.345 e. The molecule has 1 heterocycles. The normalized spacial score (nSPS) is 43.8. The smallest absolute Gasteiger partial charge is 0.278 e. The standard InChI is InChI=1S/C18H30N2O/c1-13(20-5-3-2-4-6-20)17(21)19-18-10-14-7-15(11-18)9-16(8-14)12-18/h13-16H,2-12H2,1H3,(H,19,21)/p+1/t13-,14?,15?,16?,18?/m1/s1. The molecule has 0 spiro atoms. The predicted octanol–water partition coefficient (Wildman–Crippen LogP) is 1.53. The van der Waals surface area contributed by atoms with Crippen molar-refractivity contribution in [2.24, 2.45) is 17.8 Å². The number of amides is 1. The van der Waals surface area contributed by atoms with Gasteiger partial charge in [0.05, 0.1) is 13.1 Å². The van der Waals surface area contributed by atoms with E-state index in [2.05, 4.69) is 12.2 Å². The van der Waals surface area contributed by atoms with Gasteiger partial charge < -0.3 is 10.2 Å². The van der Waals surface area contributed by atoms with Crippen LogP contribution in [-0.4, -0.2) is 30.6 Å². The van der Waals surface area contributed by atoms with Gasteiger partial charge in [-0.15, -0.1) is 0 Å². The Morgan fingerprint density at radius 2 is 1.52 bits per heavy atom. The topological polar surface area (TPSA) is 33.5 Å². The third kappa shape index (κ3) is 2.62. The van der Waals surface area contributed by atoms with E-state index >= 15 is 0 Å². The van der Waals surface area contributed by atoms with Gasteiger partial charge in [0.25, 0.3) is 5.91 Å². The lowest BCUT2D eigenvalue weighted by Crippen LogP contribution is -3.17. The molecule has 0 radical (unpaired) electrons. The molecule has 1 atom stereocenters. The highest BCUT2D eigenvalue weighted by Crippen LogP contribution is 2.55. The van der Waals surface area contributed by atoms with Crippen LogP contribution in [-0.2, 0) is 4.79 Å². The van der Waals surface area contributed by atoms with E-state index in [9.17, 15) is 4.79 Å². The van der Waals surface area contributed by atoms with Crippen LogP contribution in [0.15, 0.2) is 0 Å². The summed E-state index contributed by atoms with van der Waals surface area (Å²) in [5.74, 6) is 3.08. The summed E-state index contributed by atoms with van der Waals surface area (Å²) in [6.45, 7) is 4.53. The highest BCUT2D eigenvalue weighted by atomic mass is 16.2. The summed E-state index contributed by atoms with van der Waals surface area (Å²) in [6, 6.07) is 0.151. The quantitative estimate of drug-likeness (QED) is 0.812. The fourth-order valence-corrected chi connectivity index (χ4v) is 6.26. The second kappa shape index (κ2) is 5.26. The third-order valence-corrected chi connectivity index (χ3v) is 6.93. The Bertz CT molecular complexity index is 378. The summed E-state index contributed by atoms with van der Waals surface area (Å²) in [5.41, 5.74) is 0.190. The third-order valence-electron chi connectivity index (χ3n) is 6.93. The summed E-state index contributed by atoms with van der Waals surface area (Å²) in [6.07, 6.45) is 12.1. The summed E-state index contributed by atoms with van der Waals surface area (Å²) in [5, 5.41) is 3.56. The molecule has 1 aliphatic heterocycles. The highest BCUT2D eigenvalue weighted by Gasteiger charge is 2.52. The lowest BCUT2D eigenvalue weighted by molar-refractivity contribution is -0.918. The molecule has 3 heteroatoms. The van der Waals surface area contributed by atoms with Gasteiger partial charge >= 0.3 is 0 Å². The Kier molecular flexibility index (Phi) is 3.52. The van der Waals surface area contributed by atoms with Crippen molar-refractivity contribution >= 4 is 5.91 Å². The van der Waals surface area contributed by atoms with E-state index in [0.717, 1.165) is 17.8 Å². The van der Waals surface area contributed by atoms with Crippen molar-refractivity contribution in [3.63, 3.8) is 0 Å². The number of quaternary nitrogens is 1. The lowest BCUT2D eigenvalue weighted by atomic mass is 9.53. The van der Waals surface area contributed by atoms with Gasteiger partial charge in [0.15, 0.2) is 6.04 Å². The first-order valence-corrected chi connectivity index (χ1v) is 9.30. The van der Waals surface area contributed by atoms with E-state index in [0.29, 0.717) is 5.91 Å². The minimum atomic E-state index is 0.151. The fraction of sp³-hybridized carbons (Fsp3) is 0.944. The van der Waals surface area contributed by atoms with Crippen LogP contribution in [0.4, 0.5) is 0 Å². The van der Waals surface area contributed by atoms with Crippen molar-refractivity contribution in [2.45, 2.75) is 76.3 Å². The summed E-state index contributed by atoms with van der Waals surface area (Å²) in [4.78, 5) is 14.3. The van der Waals surface area contributed by atoms with Crippen LogP contribution in [0.2, 0.25) is 0 Å². The van der Waals surface area contributed by atoms with E-state index in [4.69, 9.17) is 0 Å². The van der Waals surface area contributed by atoms with Crippen molar-refractivity contribution in [2.75, 3.05) is 13.1 Å². The molecule has 1 amide bonds. The second-order valence-corrected chi connectivity index (χ2v) is 8.63. The van der Waals surface area contributed by atoms with Crippen LogP contribution in [0.5, 0.6) is 0 Å². The number of carbonyl (C=O) groups excluding carboxylic acids is 1. The zero-order chi connectivity index (χ0) is 14.4. The molecular weight excluding hydrogens is 260 g/mol. The van der Waals surface area contributed by atoms with Gasteiger partial charge in [-0.3, -0.25) is 4.79 Å². The number of hydrogen-bond donors (Lipinski definition) is 2. The summed E-state index contributed by atoms with van der Waals surface area (Å²) < 4.78 is 0. The number of nitrogens with one attached hydrogen (secondary N) is 2. The van der Waals surface area contributed by atoms with Gasteiger partial charge in [-0.1, -0.05) is 0 Å². The van der Waals surface area contributed by atoms with Crippen LogP contribution in [0.3, 0.4) is 0 Å². The number of rotatable bonds is 3. The second-order valence-electron chi connectivity index (χ2n) is 8.63. The molecule has 4 saturated carbocycles. The van der Waals surface area contributed by atoms with Crippen molar-refractivity contribution in [3.8, 4) is 0 Å². The molecular formula is C18H31N2O+. The predicted molar refractivity (Wildman–Crippen MR) is 83.1 cm³/mol. The van der Waals surface area contributed by atoms with Gasteiger partial charge in [0, 0.05) is 5.54 Å². The van der Waals surface area contributed by atoms with Gasteiger partial charge in [0.1, 0.15) is 0 Å². The maximum absolute atomic E-state index is 12.8. The van der Waals surface area contributed by atoms with E-state index in [1.54, 1.807) is 0 Å². The van der Waals surface area contributed by atoms with E-state index in [-0.39, 0.29) is 11.6 Å². The fourth-order valence-electron chi connectivity index (χ4n) is 6.26. The first kappa shape index (κ1) is 14.0. The Morgan fingerprint density at radius 1 is 1.00 bits per heavy atom. The van der Waals surface area contributed by atoms with Crippen LogP contribution in [0.25, 0.3) is 0 Å². The van der Waals surface area contributed by atoms with Crippen LogP contribution >= 0.6 is 0 Å². The summed E-state index contributed by atoms with van der Waals surface area (Å²) in [7, 11) is 0. The van der Waals surface area contributed by atoms with Crippen LogP contribution in [0.1, 0.15) is 64.7 Å². The molecule has 5 fully saturated rings. The molecule has 1 saturated heterocycles. The molecule has 4 bridgehead atoms. The van der Waals surface area contributed by atoms with Gasteiger partial charge in [-0.05, 0) is 82.5 Å². The number of piperidine rings is 1. The maximum Gasteiger partial charge on any atom is 0.278 e. The molecule has 4 aliphatic carbocycles. The SMILES string of the molecule is C[C@H](C(=O)NC12CC3CC(CC(C3)C1)C2)[NH+]1CCCCC1. The lowest BCUT2D eigenvalue weighted by Gasteiger charge is -2.57. The molecule has 0 unspecified atom stereocenters. The molecule has 0 aromatic rings. The van der Waals surface area contributed by atoms with Crippen molar-refractivity contribution < 1.29 is 9.69 Å². The molecule has 2 N–H and O–H groups in total. The molecule has 0 aromatic carbocycles. The van der Waals surface area contributed by atoms with Crippen LogP contribution < -0.4 is 10.2 Å². The molecule has 5 aliphatic rings. The van der Waals surface area contributed by atoms with Crippen LogP contribution in [0, 0.1) is 17.8 Å². The Balaban J connectivity index is 1.42. The van der Waals surface area contributed by atoms with Gasteiger partial charge in [-0.25, -0.2) is 0 Å². The zero-order valence-electron chi connectivity index (χ0n) is 13.5. The molecule has 118 valence electrons. The minimum absolute atomic E-state index is 0.151. The largest absolute Gasteiger partial charge is 0.345 e. The van der Waals surface area contributed by atoms with E-state index in [1.807, 2.05) is 0 Å². The first-order valence-electron chi connectivity index (χ1n) is 9.30. The Morgan fingerprint density at radius 3 is 2.05 bits per heavy atom. The van der Waals surface area contributed by atoms with Gasteiger partial charge in [-0.2, -0.15) is 0 Å². The number of carbonyl (C=O) groups is 1. The Labute approximate surface area is 128 Å². The monoisotopic (exact) mass is 291 g/mol. The molecule has 3 nitrogen and oxygen atoms in total. The average Bonchev–Trinajstić information content (AvgIpc) is 2.45. The molecule has 0 aromatic heterocycles. The van der Waals surface area contributed by atoms with Crippen molar-refractivity contribution in [1.82, 2.24) is 5.32 Å².